The van der Waals surface area contributed by atoms with Gasteiger partial charge in [0, 0.05) is 44.1 Å². The van der Waals surface area contributed by atoms with Crippen molar-refractivity contribution in [2.24, 2.45) is 0 Å². The minimum Gasteiger partial charge on any atom is -0.391 e. The average Bonchev–Trinajstić information content (AvgIpc) is 3.42. The highest BCUT2D eigenvalue weighted by molar-refractivity contribution is 7.12. The van der Waals surface area contributed by atoms with Crippen molar-refractivity contribution in [3.05, 3.63) is 63.6 Å². The summed E-state index contributed by atoms with van der Waals surface area (Å²) in [5.74, 6) is -0.457. The van der Waals surface area contributed by atoms with E-state index in [4.69, 9.17) is 4.74 Å². The third kappa shape index (κ3) is 4.22. The first kappa shape index (κ1) is 20.9. The van der Waals surface area contributed by atoms with Gasteiger partial charge in [-0.05, 0) is 35.6 Å². The van der Waals surface area contributed by atoms with Crippen LogP contribution in [0.4, 0.5) is 0 Å². The summed E-state index contributed by atoms with van der Waals surface area (Å²) in [5, 5.41) is 11.8. The Bertz CT molecular complexity index is 908. The fraction of sp³-hybridized carbons (Fsp3) is 0.409. The predicted molar refractivity (Wildman–Crippen MR) is 113 cm³/mol. The molecular formula is C22H25N3O4S. The van der Waals surface area contributed by atoms with E-state index in [0.717, 1.165) is 44.8 Å². The number of aliphatic hydroxyl groups excluding tert-OH is 1. The van der Waals surface area contributed by atoms with Crippen LogP contribution in [-0.4, -0.2) is 77.6 Å². The summed E-state index contributed by atoms with van der Waals surface area (Å²) in [5.41, 5.74) is 1.40. The summed E-state index contributed by atoms with van der Waals surface area (Å²) in [6.45, 7) is 4.17. The molecule has 1 fully saturated rings. The molecule has 1 N–H and O–H groups in total. The predicted octanol–water partition coefficient (Wildman–Crippen LogP) is 1.92. The Morgan fingerprint density at radius 2 is 1.97 bits per heavy atom. The number of carbonyl (C=O) groups excluding carboxylic acids is 2. The number of rotatable bonds is 8. The maximum Gasteiger partial charge on any atom is 0.253 e. The van der Waals surface area contributed by atoms with Crippen LogP contribution in [-0.2, 0) is 9.53 Å². The average molecular weight is 428 g/mol. The second-order valence-corrected chi connectivity index (χ2v) is 8.29. The number of ketones is 1. The molecule has 30 heavy (non-hydrogen) atoms. The fourth-order valence-corrected chi connectivity index (χ4v) is 4.77. The van der Waals surface area contributed by atoms with E-state index >= 15 is 0 Å². The number of morpholine rings is 1. The molecule has 2 aromatic heterocycles. The first-order chi connectivity index (χ1) is 14.7. The summed E-state index contributed by atoms with van der Waals surface area (Å²) < 4.78 is 5.39. The monoisotopic (exact) mass is 427 g/mol. The van der Waals surface area contributed by atoms with Crippen LogP contribution in [0.25, 0.3) is 0 Å². The number of aliphatic hydroxyl groups is 1. The standard InChI is InChI=1S/C22H25N3O4S/c26-15-17-19(21(27)18-3-1-14-30-18)20(16-4-6-23-7-5-16)25(22(17)28)9-2-8-24-10-12-29-13-11-24/h1,3-7,14,20,26H,2,8-13,15H2/t20-/m0/s1. The molecular weight excluding hydrogens is 402 g/mol. The van der Waals surface area contributed by atoms with E-state index in [1.165, 1.54) is 11.3 Å². The number of pyridine rings is 1. The Morgan fingerprint density at radius 1 is 1.20 bits per heavy atom. The molecule has 158 valence electrons. The van der Waals surface area contributed by atoms with Gasteiger partial charge in [0.1, 0.15) is 0 Å². The number of thiophene rings is 1. The van der Waals surface area contributed by atoms with Gasteiger partial charge in [0.15, 0.2) is 0 Å². The van der Waals surface area contributed by atoms with Gasteiger partial charge in [-0.2, -0.15) is 0 Å². The normalized spacial score (nSPS) is 20.2. The van der Waals surface area contributed by atoms with Crippen molar-refractivity contribution >= 4 is 23.0 Å². The molecule has 8 heteroatoms. The maximum atomic E-state index is 13.3. The minimum atomic E-state index is -0.512. The topological polar surface area (TPSA) is 83.0 Å². The SMILES string of the molecule is O=C(C1=C(CO)C(=O)N(CCCN2CCOCC2)[C@H]1c1ccncc1)c1cccs1. The van der Waals surface area contributed by atoms with Crippen molar-refractivity contribution in [3.63, 3.8) is 0 Å². The number of hydrogen-bond donors (Lipinski definition) is 1. The largest absolute Gasteiger partial charge is 0.391 e. The minimum absolute atomic E-state index is 0.195. The molecule has 0 unspecified atom stereocenters. The van der Waals surface area contributed by atoms with Crippen LogP contribution in [0.3, 0.4) is 0 Å². The van der Waals surface area contributed by atoms with Gasteiger partial charge in [0.25, 0.3) is 5.91 Å². The first-order valence-electron chi connectivity index (χ1n) is 10.1. The van der Waals surface area contributed by atoms with Crippen LogP contribution >= 0.6 is 11.3 Å². The van der Waals surface area contributed by atoms with Crippen LogP contribution in [0.15, 0.2) is 53.2 Å². The van der Waals surface area contributed by atoms with E-state index in [0.29, 0.717) is 17.0 Å². The zero-order valence-corrected chi connectivity index (χ0v) is 17.5. The smallest absolute Gasteiger partial charge is 0.253 e. The number of aromatic nitrogens is 1. The second-order valence-electron chi connectivity index (χ2n) is 7.35. The quantitative estimate of drug-likeness (QED) is 0.648. The lowest BCUT2D eigenvalue weighted by molar-refractivity contribution is -0.127. The van der Waals surface area contributed by atoms with E-state index in [-0.39, 0.29) is 17.3 Å². The van der Waals surface area contributed by atoms with Crippen molar-refractivity contribution < 1.29 is 19.4 Å². The number of carbonyl (C=O) groups is 2. The zero-order valence-electron chi connectivity index (χ0n) is 16.7. The molecule has 4 heterocycles. The second kappa shape index (κ2) is 9.61. The summed E-state index contributed by atoms with van der Waals surface area (Å²) in [4.78, 5) is 35.2. The Kier molecular flexibility index (Phi) is 6.69. The van der Waals surface area contributed by atoms with E-state index in [2.05, 4.69) is 9.88 Å². The highest BCUT2D eigenvalue weighted by Gasteiger charge is 2.42. The molecule has 1 saturated heterocycles. The Morgan fingerprint density at radius 3 is 2.63 bits per heavy atom. The number of ether oxygens (including phenoxy) is 1. The lowest BCUT2D eigenvalue weighted by atomic mass is 9.94. The molecule has 1 atom stereocenters. The van der Waals surface area contributed by atoms with Gasteiger partial charge in [-0.3, -0.25) is 19.5 Å². The molecule has 7 nitrogen and oxygen atoms in total. The molecule has 0 aliphatic carbocycles. The molecule has 0 aromatic carbocycles. The molecule has 1 amide bonds. The van der Waals surface area contributed by atoms with Gasteiger partial charge in [0.2, 0.25) is 5.78 Å². The van der Waals surface area contributed by atoms with E-state index in [9.17, 15) is 14.7 Å². The van der Waals surface area contributed by atoms with E-state index in [1.807, 2.05) is 23.6 Å². The number of Topliss-reactive ketones (excluding diaryl/α,β-unsaturated/α-hetero) is 1. The van der Waals surface area contributed by atoms with Crippen LogP contribution in [0.2, 0.25) is 0 Å². The lowest BCUT2D eigenvalue weighted by Crippen LogP contribution is -2.39. The van der Waals surface area contributed by atoms with Crippen LogP contribution < -0.4 is 0 Å². The molecule has 0 spiro atoms. The van der Waals surface area contributed by atoms with E-state index < -0.39 is 12.6 Å². The van der Waals surface area contributed by atoms with Crippen LogP contribution in [0.1, 0.15) is 27.7 Å². The van der Waals surface area contributed by atoms with Gasteiger partial charge in [-0.25, -0.2) is 0 Å². The van der Waals surface area contributed by atoms with Gasteiger partial charge in [-0.15, -0.1) is 11.3 Å². The lowest BCUT2D eigenvalue weighted by Gasteiger charge is -2.30. The molecule has 0 bridgehead atoms. The van der Waals surface area contributed by atoms with E-state index in [1.54, 1.807) is 23.4 Å². The zero-order chi connectivity index (χ0) is 20.9. The maximum absolute atomic E-state index is 13.3. The summed E-state index contributed by atoms with van der Waals surface area (Å²) >= 11 is 1.34. The molecule has 2 aliphatic heterocycles. The fourth-order valence-electron chi connectivity index (χ4n) is 4.09. The molecule has 0 saturated carbocycles. The Balaban J connectivity index is 1.61. The van der Waals surface area contributed by atoms with Gasteiger partial charge < -0.3 is 14.7 Å². The summed E-state index contributed by atoms with van der Waals surface area (Å²) in [6, 6.07) is 6.71. The molecule has 4 rings (SSSR count). The van der Waals surface area contributed by atoms with Crippen LogP contribution in [0, 0.1) is 0 Å². The number of hydrogen-bond acceptors (Lipinski definition) is 7. The summed E-state index contributed by atoms with van der Waals surface area (Å²) in [7, 11) is 0. The summed E-state index contributed by atoms with van der Waals surface area (Å²) in [6.07, 6.45) is 4.11. The Hall–Kier alpha value is -2.39. The molecule has 0 radical (unpaired) electrons. The van der Waals surface area contributed by atoms with Gasteiger partial charge in [-0.1, -0.05) is 6.07 Å². The van der Waals surface area contributed by atoms with Crippen molar-refractivity contribution in [2.45, 2.75) is 12.5 Å². The number of amides is 1. The highest BCUT2D eigenvalue weighted by Crippen LogP contribution is 2.40. The van der Waals surface area contributed by atoms with Crippen molar-refractivity contribution in [1.82, 2.24) is 14.8 Å². The first-order valence-corrected chi connectivity index (χ1v) is 11.0. The van der Waals surface area contributed by atoms with Crippen molar-refractivity contribution in [3.8, 4) is 0 Å². The van der Waals surface area contributed by atoms with Gasteiger partial charge in [0.05, 0.1) is 36.3 Å². The Labute approximate surface area is 179 Å². The number of nitrogens with zero attached hydrogens (tertiary/aromatic N) is 3. The third-order valence-corrected chi connectivity index (χ3v) is 6.44. The molecule has 2 aromatic rings. The van der Waals surface area contributed by atoms with Crippen molar-refractivity contribution in [2.75, 3.05) is 46.0 Å². The van der Waals surface area contributed by atoms with Crippen LogP contribution in [0.5, 0.6) is 0 Å². The molecule has 2 aliphatic rings. The third-order valence-electron chi connectivity index (χ3n) is 5.58. The van der Waals surface area contributed by atoms with Crippen molar-refractivity contribution in [1.29, 1.82) is 0 Å². The van der Waals surface area contributed by atoms with Gasteiger partial charge >= 0.3 is 0 Å². The highest BCUT2D eigenvalue weighted by atomic mass is 32.1.